The first kappa shape index (κ1) is 74.3. The molecule has 0 bridgehead atoms. The summed E-state index contributed by atoms with van der Waals surface area (Å²) in [5.41, 5.74) is 0. The van der Waals surface area contributed by atoms with Crippen LogP contribution in [0.15, 0.2) is 0 Å². The van der Waals surface area contributed by atoms with Gasteiger partial charge in [0.05, 0.1) is 40.3 Å². The van der Waals surface area contributed by atoms with Gasteiger partial charge in [0.2, 0.25) is 0 Å². The van der Waals surface area contributed by atoms with E-state index >= 15 is 0 Å². The van der Waals surface area contributed by atoms with Gasteiger partial charge in [-0.15, -0.1) is 0 Å². The van der Waals surface area contributed by atoms with E-state index in [2.05, 4.69) is 13.8 Å². The summed E-state index contributed by atoms with van der Waals surface area (Å²) in [4.78, 5) is 37.4. The number of ether oxygens (including phenoxy) is 4. The molecule has 0 saturated carbocycles. The lowest BCUT2D eigenvalue weighted by molar-refractivity contribution is -0.870. The topological polar surface area (TPSA) is 111 Å². The van der Waals surface area contributed by atoms with Crippen molar-refractivity contribution in [2.24, 2.45) is 0 Å². The maximum atomic E-state index is 12.9. The van der Waals surface area contributed by atoms with Gasteiger partial charge < -0.3 is 33.3 Å². The highest BCUT2D eigenvalue weighted by Gasteiger charge is 2.22. The normalized spacial score (nSPS) is 12.6. The van der Waals surface area contributed by atoms with Crippen LogP contribution in [-0.2, 0) is 33.3 Å². The third-order valence-electron chi connectivity index (χ3n) is 15.6. The Hall–Kier alpha value is -1.71. The summed E-state index contributed by atoms with van der Waals surface area (Å²) in [5, 5.41) is 11.8. The minimum absolute atomic E-state index is 0.154. The first-order chi connectivity index (χ1) is 37.1. The van der Waals surface area contributed by atoms with Crippen molar-refractivity contribution in [1.82, 2.24) is 0 Å². The summed E-state index contributed by atoms with van der Waals surface area (Å²) < 4.78 is 22.8. The Kier molecular flexibility index (Phi) is 58.1. The molecule has 0 radical (unpaired) electrons. The summed E-state index contributed by atoms with van der Waals surface area (Å²) >= 11 is 0. The van der Waals surface area contributed by atoms with E-state index in [-0.39, 0.29) is 32.2 Å². The average molecular weight is 1080 g/mol. The second-order valence-corrected chi connectivity index (χ2v) is 24.5. The van der Waals surface area contributed by atoms with Gasteiger partial charge in [0.15, 0.2) is 12.4 Å². The highest BCUT2D eigenvalue weighted by atomic mass is 16.7. The number of unbranched alkanes of at least 4 members (excludes halogenated alkanes) is 49. The molecule has 0 N–H and O–H groups in total. The van der Waals surface area contributed by atoms with E-state index in [1.807, 2.05) is 21.1 Å². The fraction of sp³-hybridized carbons (Fsp3) is 0.955. The van der Waals surface area contributed by atoms with Crippen molar-refractivity contribution < 1.29 is 42.9 Å². The second kappa shape index (κ2) is 59.4. The quantitative estimate of drug-likeness (QED) is 0.0256. The van der Waals surface area contributed by atoms with Crippen LogP contribution >= 0.6 is 0 Å². The zero-order valence-electron chi connectivity index (χ0n) is 51.7. The monoisotopic (exact) mass is 1080 g/mol. The predicted octanol–water partition coefficient (Wildman–Crippen LogP) is 19.0. The average Bonchev–Trinajstić information content (AvgIpc) is 3.39. The van der Waals surface area contributed by atoms with Crippen molar-refractivity contribution in [2.45, 2.75) is 367 Å². The number of rotatable bonds is 64. The van der Waals surface area contributed by atoms with Gasteiger partial charge in [-0.2, -0.15) is 0 Å². The lowest BCUT2D eigenvalue weighted by Gasteiger charge is -2.26. The number of carbonyl (C=O) groups excluding carboxylic acids is 3. The third-order valence-corrected chi connectivity index (χ3v) is 15.6. The number of esters is 2. The molecular formula is C67H131NO8. The Bertz CT molecular complexity index is 1210. The summed E-state index contributed by atoms with van der Waals surface area (Å²) in [5.74, 6) is -2.25. The molecule has 0 fully saturated rings. The molecule has 0 aliphatic carbocycles. The van der Waals surface area contributed by atoms with Gasteiger partial charge in [-0.05, 0) is 12.8 Å². The number of carboxylic acid groups (broad SMARTS) is 1. The molecule has 9 heteroatoms. The number of likely N-dealkylation sites (N-methyl/N-ethyl adjacent to an activating group) is 1. The van der Waals surface area contributed by atoms with Crippen LogP contribution in [0, 0.1) is 0 Å². The van der Waals surface area contributed by atoms with Crippen molar-refractivity contribution in [3.8, 4) is 0 Å². The molecule has 0 aromatic rings. The van der Waals surface area contributed by atoms with Crippen LogP contribution in [0.5, 0.6) is 0 Å². The Morgan fingerprint density at radius 3 is 0.842 bits per heavy atom. The first-order valence-corrected chi connectivity index (χ1v) is 33.7. The van der Waals surface area contributed by atoms with Crippen molar-refractivity contribution in [3.63, 3.8) is 0 Å². The molecule has 452 valence electrons. The Balaban J connectivity index is 4.03. The molecule has 2 unspecified atom stereocenters. The van der Waals surface area contributed by atoms with Gasteiger partial charge >= 0.3 is 11.9 Å². The van der Waals surface area contributed by atoms with Crippen LogP contribution in [0.4, 0.5) is 0 Å². The molecule has 0 saturated heterocycles. The summed E-state index contributed by atoms with van der Waals surface area (Å²) in [6, 6.07) is 0. The molecule has 0 aliphatic heterocycles. The van der Waals surface area contributed by atoms with E-state index in [4.69, 9.17) is 18.9 Å². The fourth-order valence-corrected chi connectivity index (χ4v) is 10.4. The van der Waals surface area contributed by atoms with Gasteiger partial charge in [0, 0.05) is 12.8 Å². The number of hydrogen-bond acceptors (Lipinski definition) is 8. The van der Waals surface area contributed by atoms with Crippen molar-refractivity contribution in [2.75, 3.05) is 47.5 Å². The van der Waals surface area contributed by atoms with E-state index in [9.17, 15) is 19.5 Å². The summed E-state index contributed by atoms with van der Waals surface area (Å²) in [7, 11) is 5.94. The molecule has 0 heterocycles. The van der Waals surface area contributed by atoms with Crippen LogP contribution in [0.3, 0.4) is 0 Å². The molecule has 2 atom stereocenters. The van der Waals surface area contributed by atoms with Crippen molar-refractivity contribution in [1.29, 1.82) is 0 Å². The molecule has 76 heavy (non-hydrogen) atoms. The van der Waals surface area contributed by atoms with Crippen LogP contribution in [0.25, 0.3) is 0 Å². The van der Waals surface area contributed by atoms with Crippen LogP contribution in [0.2, 0.25) is 0 Å². The van der Waals surface area contributed by atoms with Crippen molar-refractivity contribution >= 4 is 17.9 Å². The van der Waals surface area contributed by atoms with Gasteiger partial charge in [-0.25, -0.2) is 0 Å². The van der Waals surface area contributed by atoms with Gasteiger partial charge in [-0.1, -0.05) is 328 Å². The summed E-state index contributed by atoms with van der Waals surface area (Å²) in [6.07, 6.45) is 66.2. The fourth-order valence-electron chi connectivity index (χ4n) is 10.4. The van der Waals surface area contributed by atoms with Crippen LogP contribution in [-0.4, -0.2) is 82.3 Å². The van der Waals surface area contributed by atoms with Crippen LogP contribution < -0.4 is 5.11 Å². The molecule has 0 aromatic heterocycles. The largest absolute Gasteiger partial charge is 0.545 e. The van der Waals surface area contributed by atoms with Gasteiger partial charge in [0.1, 0.15) is 13.2 Å². The molecule has 0 spiro atoms. The molecule has 0 aromatic carbocycles. The van der Waals surface area contributed by atoms with E-state index in [0.717, 1.165) is 38.5 Å². The van der Waals surface area contributed by atoms with E-state index < -0.39 is 24.3 Å². The number of quaternary nitrogens is 1. The zero-order chi connectivity index (χ0) is 55.5. The number of nitrogens with zero attached hydrogens (tertiary/aromatic N) is 1. The van der Waals surface area contributed by atoms with Gasteiger partial charge in [0.25, 0.3) is 0 Å². The number of carbonyl (C=O) groups is 3. The number of aliphatic carboxylic acids is 1. The highest BCUT2D eigenvalue weighted by Crippen LogP contribution is 2.19. The molecular weight excluding hydrogens is 947 g/mol. The number of hydrogen-bond donors (Lipinski definition) is 0. The minimum atomic E-state index is -1.61. The Labute approximate surface area is 473 Å². The number of carboxylic acids is 1. The molecule has 0 aliphatic rings. The maximum absolute atomic E-state index is 12.9. The zero-order valence-corrected chi connectivity index (χ0v) is 51.7. The molecule has 9 nitrogen and oxygen atoms in total. The van der Waals surface area contributed by atoms with E-state index in [1.165, 1.54) is 289 Å². The smallest absolute Gasteiger partial charge is 0.306 e. The predicted molar refractivity (Wildman–Crippen MR) is 320 cm³/mol. The standard InChI is InChI=1S/C67H131NO8/c1-6-8-10-12-14-16-18-20-22-24-26-27-28-29-30-31-32-33-34-35-36-37-38-40-42-44-46-48-50-52-54-56-58-65(70)76-63(62-75-67(66(71)72)73-60-59-68(3,4)5)61-74-64(69)57-55-53-51-49-47-45-43-41-39-25-23-21-19-17-15-13-11-9-7-2/h63,67H,6-62H2,1-5H3. The Morgan fingerprint density at radius 2 is 0.592 bits per heavy atom. The summed E-state index contributed by atoms with van der Waals surface area (Å²) in [6.45, 7) is 4.83. The van der Waals surface area contributed by atoms with Crippen LogP contribution in [0.1, 0.15) is 354 Å². The first-order valence-electron chi connectivity index (χ1n) is 33.7. The molecule has 0 amide bonds. The molecule has 0 rings (SSSR count). The van der Waals surface area contributed by atoms with Gasteiger partial charge in [-0.3, -0.25) is 9.59 Å². The Morgan fingerprint density at radius 1 is 0.342 bits per heavy atom. The lowest BCUT2D eigenvalue weighted by Crippen LogP contribution is -2.44. The lowest BCUT2D eigenvalue weighted by atomic mass is 10.0. The van der Waals surface area contributed by atoms with E-state index in [0.29, 0.717) is 17.4 Å². The third kappa shape index (κ3) is 59.9. The van der Waals surface area contributed by atoms with E-state index in [1.54, 1.807) is 0 Å². The maximum Gasteiger partial charge on any atom is 0.306 e. The SMILES string of the molecule is CCCCCCCCCCCCCCCCCCCCCCCCCCCCCCCCCCC(=O)OC(COC(=O)CCCCCCCCCCCCCCCCCCCCC)COC(OCC[N+](C)(C)C)C(=O)[O-]. The minimum Gasteiger partial charge on any atom is -0.545 e. The van der Waals surface area contributed by atoms with Crippen molar-refractivity contribution in [3.05, 3.63) is 0 Å². The highest BCUT2D eigenvalue weighted by molar-refractivity contribution is 5.70. The second-order valence-electron chi connectivity index (χ2n) is 24.5.